The Bertz CT molecular complexity index is 249. The average Bonchev–Trinajstić information content (AvgIpc) is 2.45. The van der Waals surface area contributed by atoms with Crippen molar-refractivity contribution in [2.45, 2.75) is 24.8 Å². The highest BCUT2D eigenvalue weighted by molar-refractivity contribution is 6.13. The van der Waals surface area contributed by atoms with Gasteiger partial charge in [-0.05, 0) is 0 Å². The summed E-state index contributed by atoms with van der Waals surface area (Å²) in [4.78, 5) is 22.1. The Labute approximate surface area is 63.7 Å². The van der Waals surface area contributed by atoms with Crippen molar-refractivity contribution < 1.29 is 9.59 Å². The highest BCUT2D eigenvalue weighted by Crippen LogP contribution is 2.28. The number of hydrogen-bond acceptors (Lipinski definition) is 4. The summed E-state index contributed by atoms with van der Waals surface area (Å²) in [6.07, 6.45) is 2.61. The van der Waals surface area contributed by atoms with Crippen molar-refractivity contribution in [3.05, 3.63) is 0 Å². The fraction of sp³-hybridized carbons (Fsp3) is 0.571. The second kappa shape index (κ2) is 1.90. The van der Waals surface area contributed by atoms with Crippen LogP contribution in [0.2, 0.25) is 0 Å². The third-order valence-corrected chi connectivity index (χ3v) is 2.20. The molecule has 1 unspecified atom stereocenters. The van der Waals surface area contributed by atoms with E-state index in [1.165, 1.54) is 0 Å². The normalized spacial score (nSPS) is 35.3. The number of carbonyl (C=O) groups excluding carboxylic acids is 2. The van der Waals surface area contributed by atoms with Gasteiger partial charge in [-0.2, -0.15) is 5.10 Å². The van der Waals surface area contributed by atoms with Crippen LogP contribution in [0.4, 0.5) is 0 Å². The highest BCUT2D eigenvalue weighted by atomic mass is 16.2. The first-order valence-electron chi connectivity index (χ1n) is 3.57. The maximum atomic E-state index is 11.2. The number of ketones is 2. The van der Waals surface area contributed by atoms with Crippen LogP contribution in [0.5, 0.6) is 0 Å². The van der Waals surface area contributed by atoms with Crippen LogP contribution in [-0.2, 0) is 9.59 Å². The lowest BCUT2D eigenvalue weighted by Crippen LogP contribution is -2.42. The zero-order valence-corrected chi connectivity index (χ0v) is 5.96. The third kappa shape index (κ3) is 0.785. The van der Waals surface area contributed by atoms with Crippen LogP contribution >= 0.6 is 0 Å². The topological polar surface area (TPSA) is 58.5 Å². The second-order valence-corrected chi connectivity index (χ2v) is 3.03. The van der Waals surface area contributed by atoms with Gasteiger partial charge in [-0.25, -0.2) is 0 Å². The Morgan fingerprint density at radius 1 is 1.55 bits per heavy atom. The lowest BCUT2D eigenvalue weighted by Gasteiger charge is -2.18. The number of rotatable bonds is 0. The Morgan fingerprint density at radius 2 is 2.36 bits per heavy atom. The number of nitrogens with one attached hydrogen (secondary N) is 1. The van der Waals surface area contributed by atoms with Crippen molar-refractivity contribution in [2.24, 2.45) is 5.10 Å². The predicted octanol–water partition coefficient (Wildman–Crippen LogP) is -0.364. The Morgan fingerprint density at radius 3 is 2.82 bits per heavy atom. The van der Waals surface area contributed by atoms with Gasteiger partial charge in [0.15, 0.2) is 5.78 Å². The van der Waals surface area contributed by atoms with Gasteiger partial charge in [0.25, 0.3) is 0 Å². The monoisotopic (exact) mass is 152 g/mol. The van der Waals surface area contributed by atoms with E-state index >= 15 is 0 Å². The molecule has 1 fully saturated rings. The summed E-state index contributed by atoms with van der Waals surface area (Å²) in [6, 6.07) is 0. The van der Waals surface area contributed by atoms with Crippen LogP contribution in [0.15, 0.2) is 5.10 Å². The molecule has 4 nitrogen and oxygen atoms in total. The maximum Gasteiger partial charge on any atom is 0.167 e. The smallest absolute Gasteiger partial charge is 0.167 e. The molecule has 0 amide bonds. The van der Waals surface area contributed by atoms with Crippen molar-refractivity contribution in [1.82, 2.24) is 5.43 Å². The van der Waals surface area contributed by atoms with E-state index in [-0.39, 0.29) is 18.0 Å². The van der Waals surface area contributed by atoms with E-state index in [1.54, 1.807) is 6.21 Å². The third-order valence-electron chi connectivity index (χ3n) is 2.20. The molecule has 58 valence electrons. The molecule has 2 aliphatic rings. The molecular formula is C7H8N2O2. The number of Topliss-reactive ketones (excluding diaryl/α,β-unsaturated/α-hetero) is 2. The summed E-state index contributed by atoms with van der Waals surface area (Å²) in [6.45, 7) is 0. The van der Waals surface area contributed by atoms with Crippen LogP contribution in [0.25, 0.3) is 0 Å². The standard InChI is InChI=1S/C7H8N2O2/c10-5-3-6(11)7(4-5)1-2-8-9-7/h2,9H,1,3-4H2. The molecule has 1 heterocycles. The second-order valence-electron chi connectivity index (χ2n) is 3.03. The van der Waals surface area contributed by atoms with Gasteiger partial charge in [0.2, 0.25) is 0 Å². The quantitative estimate of drug-likeness (QED) is 0.482. The van der Waals surface area contributed by atoms with Crippen molar-refractivity contribution in [3.63, 3.8) is 0 Å². The van der Waals surface area contributed by atoms with Gasteiger partial charge >= 0.3 is 0 Å². The molecule has 1 saturated carbocycles. The first kappa shape index (κ1) is 6.52. The molecular weight excluding hydrogens is 144 g/mol. The number of hydrazone groups is 1. The minimum Gasteiger partial charge on any atom is -0.299 e. The van der Waals surface area contributed by atoms with Gasteiger partial charge in [0, 0.05) is 19.1 Å². The molecule has 0 aromatic carbocycles. The largest absolute Gasteiger partial charge is 0.299 e. The Balaban J connectivity index is 2.26. The summed E-state index contributed by atoms with van der Waals surface area (Å²) < 4.78 is 0. The van der Waals surface area contributed by atoms with E-state index < -0.39 is 5.54 Å². The molecule has 1 atom stereocenters. The molecule has 4 heteroatoms. The molecule has 2 rings (SSSR count). The van der Waals surface area contributed by atoms with Gasteiger partial charge in [-0.15, -0.1) is 0 Å². The molecule has 0 saturated heterocycles. The van der Waals surface area contributed by atoms with E-state index in [4.69, 9.17) is 0 Å². The molecule has 1 aliphatic heterocycles. The molecule has 1 N–H and O–H groups in total. The molecule has 0 bridgehead atoms. The summed E-state index contributed by atoms with van der Waals surface area (Å²) in [5, 5.41) is 3.76. The zero-order chi connectivity index (χ0) is 7.90. The summed E-state index contributed by atoms with van der Waals surface area (Å²) in [5.41, 5.74) is 2.07. The van der Waals surface area contributed by atoms with Crippen molar-refractivity contribution in [3.8, 4) is 0 Å². The van der Waals surface area contributed by atoms with Crippen molar-refractivity contribution >= 4 is 17.8 Å². The Hall–Kier alpha value is -1.19. The highest BCUT2D eigenvalue weighted by Gasteiger charge is 2.47. The first-order chi connectivity index (χ1) is 5.23. The van der Waals surface area contributed by atoms with Crippen molar-refractivity contribution in [2.75, 3.05) is 0 Å². The SMILES string of the molecule is O=C1CC(=O)C2(CC=NN2)C1. The minimum absolute atomic E-state index is 0.0139. The van der Waals surface area contributed by atoms with E-state index in [9.17, 15) is 9.59 Å². The molecule has 0 aromatic rings. The van der Waals surface area contributed by atoms with Crippen molar-refractivity contribution in [1.29, 1.82) is 0 Å². The van der Waals surface area contributed by atoms with Gasteiger partial charge in [-0.3, -0.25) is 15.0 Å². The van der Waals surface area contributed by atoms with E-state index in [0.29, 0.717) is 12.8 Å². The summed E-state index contributed by atoms with van der Waals surface area (Å²) >= 11 is 0. The maximum absolute atomic E-state index is 11.2. The van der Waals surface area contributed by atoms with Gasteiger partial charge in [0.05, 0.1) is 6.42 Å². The predicted molar refractivity (Wildman–Crippen MR) is 38.2 cm³/mol. The minimum atomic E-state index is -0.642. The fourth-order valence-electron chi connectivity index (χ4n) is 1.55. The molecule has 0 radical (unpaired) electrons. The lowest BCUT2D eigenvalue weighted by atomic mass is 9.95. The number of nitrogens with zero attached hydrogens (tertiary/aromatic N) is 1. The Kier molecular flexibility index (Phi) is 1.13. The molecule has 0 aromatic heterocycles. The molecule has 1 aliphatic carbocycles. The zero-order valence-electron chi connectivity index (χ0n) is 5.96. The van der Waals surface area contributed by atoms with Crippen LogP contribution in [0, 0.1) is 0 Å². The van der Waals surface area contributed by atoms with Gasteiger partial charge in [-0.1, -0.05) is 0 Å². The fourth-order valence-corrected chi connectivity index (χ4v) is 1.55. The number of carbonyl (C=O) groups is 2. The summed E-state index contributed by atoms with van der Waals surface area (Å²) in [7, 11) is 0. The van der Waals surface area contributed by atoms with E-state index in [1.807, 2.05) is 0 Å². The molecule has 1 spiro atoms. The van der Waals surface area contributed by atoms with E-state index in [0.717, 1.165) is 0 Å². The van der Waals surface area contributed by atoms with Gasteiger partial charge < -0.3 is 0 Å². The average molecular weight is 152 g/mol. The first-order valence-corrected chi connectivity index (χ1v) is 3.57. The van der Waals surface area contributed by atoms with Crippen LogP contribution in [0.3, 0.4) is 0 Å². The molecule has 11 heavy (non-hydrogen) atoms. The van der Waals surface area contributed by atoms with Crippen LogP contribution < -0.4 is 5.43 Å². The lowest BCUT2D eigenvalue weighted by molar-refractivity contribution is -0.123. The van der Waals surface area contributed by atoms with Crippen LogP contribution in [-0.4, -0.2) is 23.3 Å². The van der Waals surface area contributed by atoms with Crippen LogP contribution in [0.1, 0.15) is 19.3 Å². The number of hydrogen-bond donors (Lipinski definition) is 1. The van der Waals surface area contributed by atoms with Gasteiger partial charge in [0.1, 0.15) is 11.3 Å². The summed E-state index contributed by atoms with van der Waals surface area (Å²) in [5.74, 6) is 0.00741. The van der Waals surface area contributed by atoms with E-state index in [2.05, 4.69) is 10.5 Å².